The number of nitrogens with zero attached hydrogens (tertiary/aromatic N) is 2. The maximum absolute atomic E-state index is 12.4. The molecule has 3 heterocycles. The van der Waals surface area contributed by atoms with Crippen LogP contribution in [0.15, 0.2) is 12.1 Å². The van der Waals surface area contributed by atoms with E-state index in [9.17, 15) is 4.79 Å². The highest BCUT2D eigenvalue weighted by molar-refractivity contribution is 7.22. The van der Waals surface area contributed by atoms with Gasteiger partial charge in [-0.05, 0) is 25.5 Å². The summed E-state index contributed by atoms with van der Waals surface area (Å²) in [5.74, 6) is 7.01. The Morgan fingerprint density at radius 3 is 3.17 bits per heavy atom. The Kier molecular flexibility index (Phi) is 3.38. The Balaban J connectivity index is 1.81. The second-order valence-corrected chi connectivity index (χ2v) is 6.67. The number of anilines is 1. The van der Waals surface area contributed by atoms with Crippen molar-refractivity contribution in [3.05, 3.63) is 17.7 Å². The summed E-state index contributed by atoms with van der Waals surface area (Å²) in [5.41, 5.74) is 2.10. The quantitative estimate of drug-likeness (QED) is 0.863. The Labute approximate surface area is 138 Å². The van der Waals surface area contributed by atoms with Gasteiger partial charge in [0.15, 0.2) is 5.13 Å². The van der Waals surface area contributed by atoms with Crippen molar-refractivity contribution in [1.82, 2.24) is 10.3 Å². The van der Waals surface area contributed by atoms with Crippen LogP contribution in [0.25, 0.3) is 10.2 Å². The fourth-order valence-corrected chi connectivity index (χ4v) is 4.25. The molecule has 1 saturated heterocycles. The number of hydrogen-bond acceptors (Lipinski definition) is 4. The molecule has 0 aliphatic carbocycles. The molecule has 0 spiro atoms. The molecule has 23 heavy (non-hydrogen) atoms. The summed E-state index contributed by atoms with van der Waals surface area (Å²) in [5, 5.41) is 3.72. The third kappa shape index (κ3) is 2.15. The van der Waals surface area contributed by atoms with Gasteiger partial charge in [-0.25, -0.2) is 9.78 Å². The van der Waals surface area contributed by atoms with Crippen molar-refractivity contribution < 1.29 is 9.53 Å². The lowest BCUT2D eigenvalue weighted by molar-refractivity contribution is 0.250. The number of carbonyl (C=O) groups is 1. The van der Waals surface area contributed by atoms with E-state index in [0.717, 1.165) is 34.4 Å². The molecule has 2 atom stereocenters. The monoisotopic (exact) mass is 327 g/mol. The van der Waals surface area contributed by atoms with Crippen LogP contribution in [0.2, 0.25) is 0 Å². The SMILES string of the molecule is CC#C[C@H]1[C@H](CC)NC(=O)N1c1nc2c3c(ccc2s1)OCC3. The minimum Gasteiger partial charge on any atom is -0.493 e. The molecule has 1 aromatic heterocycles. The smallest absolute Gasteiger partial charge is 0.325 e. The summed E-state index contributed by atoms with van der Waals surface area (Å²) in [6.07, 6.45) is 1.72. The molecule has 1 aromatic carbocycles. The zero-order valence-corrected chi connectivity index (χ0v) is 13.9. The minimum atomic E-state index is -0.164. The van der Waals surface area contributed by atoms with E-state index in [1.165, 1.54) is 11.3 Å². The van der Waals surface area contributed by atoms with Gasteiger partial charge in [0.2, 0.25) is 0 Å². The van der Waals surface area contributed by atoms with Gasteiger partial charge in [-0.3, -0.25) is 4.90 Å². The molecule has 1 N–H and O–H groups in total. The Morgan fingerprint density at radius 1 is 1.52 bits per heavy atom. The molecule has 0 saturated carbocycles. The number of aromatic nitrogens is 1. The molecule has 5 nitrogen and oxygen atoms in total. The molecule has 0 unspecified atom stereocenters. The van der Waals surface area contributed by atoms with E-state index in [2.05, 4.69) is 24.1 Å². The molecule has 2 aromatic rings. The Morgan fingerprint density at radius 2 is 2.39 bits per heavy atom. The van der Waals surface area contributed by atoms with Crippen LogP contribution in [-0.2, 0) is 6.42 Å². The predicted octanol–water partition coefficient (Wildman–Crippen LogP) is 2.93. The van der Waals surface area contributed by atoms with Crippen LogP contribution in [-0.4, -0.2) is 29.7 Å². The van der Waals surface area contributed by atoms with E-state index in [4.69, 9.17) is 9.72 Å². The molecule has 0 radical (unpaired) electrons. The number of nitrogens with one attached hydrogen (secondary N) is 1. The number of thiazole rings is 1. The number of hydrogen-bond donors (Lipinski definition) is 1. The first-order valence-corrected chi connectivity index (χ1v) is 8.61. The van der Waals surface area contributed by atoms with Crippen molar-refractivity contribution in [1.29, 1.82) is 0 Å². The highest BCUT2D eigenvalue weighted by Gasteiger charge is 2.40. The molecular formula is C17H17N3O2S. The van der Waals surface area contributed by atoms with E-state index >= 15 is 0 Å². The van der Waals surface area contributed by atoms with Crippen LogP contribution in [0.4, 0.5) is 9.93 Å². The lowest BCUT2D eigenvalue weighted by Crippen LogP contribution is -2.35. The fourth-order valence-electron chi connectivity index (χ4n) is 3.22. The maximum atomic E-state index is 12.4. The summed E-state index contributed by atoms with van der Waals surface area (Å²) >= 11 is 1.54. The highest BCUT2D eigenvalue weighted by Crippen LogP contribution is 2.39. The third-order valence-electron chi connectivity index (χ3n) is 4.35. The van der Waals surface area contributed by atoms with E-state index in [1.54, 1.807) is 11.8 Å². The first-order valence-electron chi connectivity index (χ1n) is 7.80. The standard InChI is InChI=1S/C17H17N3O2S/c1-3-5-12-11(4-2)18-16(21)20(12)17-19-15-10-8-9-22-13(10)6-7-14(15)23-17/h6-7,11-12H,4,8-9H2,1-2H3,(H,18,21)/t11-,12-/m0/s1. The average molecular weight is 327 g/mol. The Hall–Kier alpha value is -2.26. The van der Waals surface area contributed by atoms with Crippen molar-refractivity contribution in [3.63, 3.8) is 0 Å². The van der Waals surface area contributed by atoms with E-state index in [1.807, 2.05) is 12.1 Å². The van der Waals surface area contributed by atoms with Gasteiger partial charge in [0.05, 0.1) is 22.9 Å². The Bertz CT molecular complexity index is 849. The molecule has 1 fully saturated rings. The lowest BCUT2D eigenvalue weighted by atomic mass is 10.1. The van der Waals surface area contributed by atoms with Crippen LogP contribution in [0.3, 0.4) is 0 Å². The number of benzene rings is 1. The summed E-state index contributed by atoms with van der Waals surface area (Å²) in [4.78, 5) is 18.9. The molecule has 6 heteroatoms. The number of fused-ring (bicyclic) bond motifs is 3. The number of carbonyl (C=O) groups excluding carboxylic acids is 1. The predicted molar refractivity (Wildman–Crippen MR) is 91.1 cm³/mol. The van der Waals surface area contributed by atoms with Gasteiger partial charge in [0, 0.05) is 12.0 Å². The molecule has 2 amide bonds. The van der Waals surface area contributed by atoms with Gasteiger partial charge in [0.1, 0.15) is 11.8 Å². The van der Waals surface area contributed by atoms with Crippen molar-refractivity contribution in [3.8, 4) is 17.6 Å². The second-order valence-electron chi connectivity index (χ2n) is 5.66. The number of ether oxygens (including phenoxy) is 1. The van der Waals surface area contributed by atoms with Gasteiger partial charge < -0.3 is 10.1 Å². The summed E-state index contributed by atoms with van der Waals surface area (Å²) in [7, 11) is 0. The van der Waals surface area contributed by atoms with Crippen LogP contribution in [0.5, 0.6) is 5.75 Å². The van der Waals surface area contributed by atoms with Gasteiger partial charge in [0.25, 0.3) is 0 Å². The first-order chi connectivity index (χ1) is 11.2. The topological polar surface area (TPSA) is 54.5 Å². The van der Waals surface area contributed by atoms with Crippen molar-refractivity contribution in [2.45, 2.75) is 38.8 Å². The van der Waals surface area contributed by atoms with Gasteiger partial charge in [-0.1, -0.05) is 24.2 Å². The molecule has 2 aliphatic heterocycles. The maximum Gasteiger partial charge on any atom is 0.325 e. The van der Waals surface area contributed by atoms with Crippen molar-refractivity contribution >= 4 is 32.7 Å². The molecule has 4 rings (SSSR count). The first kappa shape index (κ1) is 14.3. The number of amides is 2. The number of urea groups is 1. The summed E-state index contributed by atoms with van der Waals surface area (Å²) < 4.78 is 6.69. The fraction of sp³-hybridized carbons (Fsp3) is 0.412. The summed E-state index contributed by atoms with van der Waals surface area (Å²) in [6.45, 7) is 4.56. The third-order valence-corrected chi connectivity index (χ3v) is 5.37. The normalized spacial score (nSPS) is 22.5. The zero-order valence-electron chi connectivity index (χ0n) is 13.0. The van der Waals surface area contributed by atoms with Crippen LogP contribution < -0.4 is 15.0 Å². The van der Waals surface area contributed by atoms with Crippen LogP contribution in [0.1, 0.15) is 25.8 Å². The van der Waals surface area contributed by atoms with Gasteiger partial charge in [-0.15, -0.1) is 5.92 Å². The van der Waals surface area contributed by atoms with Crippen molar-refractivity contribution in [2.24, 2.45) is 0 Å². The number of rotatable bonds is 2. The van der Waals surface area contributed by atoms with Gasteiger partial charge >= 0.3 is 6.03 Å². The second kappa shape index (κ2) is 5.43. The molecule has 0 bridgehead atoms. The average Bonchev–Trinajstić information content (AvgIpc) is 3.22. The lowest BCUT2D eigenvalue weighted by Gasteiger charge is -2.18. The minimum absolute atomic E-state index is 0.0380. The molecule has 2 aliphatic rings. The zero-order chi connectivity index (χ0) is 16.0. The van der Waals surface area contributed by atoms with Crippen molar-refractivity contribution in [2.75, 3.05) is 11.5 Å². The van der Waals surface area contributed by atoms with Gasteiger partial charge in [-0.2, -0.15) is 0 Å². The van der Waals surface area contributed by atoms with E-state index in [-0.39, 0.29) is 18.1 Å². The van der Waals surface area contributed by atoms with Crippen LogP contribution >= 0.6 is 11.3 Å². The van der Waals surface area contributed by atoms with E-state index in [0.29, 0.717) is 11.7 Å². The van der Waals surface area contributed by atoms with E-state index < -0.39 is 0 Å². The molecule has 118 valence electrons. The summed E-state index contributed by atoms with van der Waals surface area (Å²) in [6, 6.07) is 3.77. The van der Waals surface area contributed by atoms with Crippen LogP contribution in [0, 0.1) is 11.8 Å². The highest BCUT2D eigenvalue weighted by atomic mass is 32.1. The molecular weight excluding hydrogens is 310 g/mol. The largest absolute Gasteiger partial charge is 0.493 e.